The van der Waals surface area contributed by atoms with E-state index in [0.717, 1.165) is 5.75 Å². The Balaban J connectivity index is 1.95. The number of amides is 2. The lowest BCUT2D eigenvalue weighted by Crippen LogP contribution is -2.44. The fourth-order valence-electron chi connectivity index (χ4n) is 1.29. The maximum atomic E-state index is 11.8. The van der Waals surface area contributed by atoms with Crippen LogP contribution in [0.2, 0.25) is 0 Å². The minimum absolute atomic E-state index is 0.0655. The van der Waals surface area contributed by atoms with Crippen molar-refractivity contribution in [2.75, 3.05) is 16.8 Å². The van der Waals surface area contributed by atoms with Crippen molar-refractivity contribution in [1.29, 1.82) is 0 Å². The highest BCUT2D eigenvalue weighted by Gasteiger charge is 2.23. The van der Waals surface area contributed by atoms with Crippen molar-refractivity contribution in [2.45, 2.75) is 12.5 Å². The normalized spacial score (nSPS) is 21.0. The molecule has 0 bridgehead atoms. The number of hydrogen-bond donors (Lipinski definition) is 2. The minimum atomic E-state index is -0.455. The van der Waals surface area contributed by atoms with E-state index in [-0.39, 0.29) is 11.8 Å². The van der Waals surface area contributed by atoms with Crippen LogP contribution in [0.1, 0.15) is 6.42 Å². The molecule has 7 heteroatoms. The first kappa shape index (κ1) is 11.4. The molecule has 16 heavy (non-hydrogen) atoms. The smallest absolute Gasteiger partial charge is 0.249 e. The zero-order valence-corrected chi connectivity index (χ0v) is 10.1. The summed E-state index contributed by atoms with van der Waals surface area (Å²) in [6, 6.07) is -0.455. The monoisotopic (exact) mass is 257 g/mol. The van der Waals surface area contributed by atoms with Crippen LogP contribution in [0.3, 0.4) is 0 Å². The number of nitrogens with zero attached hydrogens (tertiary/aromatic N) is 1. The van der Waals surface area contributed by atoms with Crippen molar-refractivity contribution in [3.63, 3.8) is 0 Å². The standard InChI is InChI=1S/C9H11N3O2S2/c13-7-1-3-15-5-6(11-7)8(14)12-9-10-2-4-16-9/h2,4,6H,1,3,5H2,(H,11,13)(H,10,12,14)/t6-/m0/s1. The van der Waals surface area contributed by atoms with Crippen LogP contribution >= 0.6 is 23.1 Å². The van der Waals surface area contributed by atoms with Crippen LogP contribution < -0.4 is 10.6 Å². The maximum Gasteiger partial charge on any atom is 0.249 e. The van der Waals surface area contributed by atoms with Gasteiger partial charge in [0.1, 0.15) is 6.04 Å². The SMILES string of the molecule is O=C1CCSC[C@@H](C(=O)Nc2nccs2)N1. The molecule has 1 saturated heterocycles. The first-order chi connectivity index (χ1) is 7.75. The van der Waals surface area contributed by atoms with Crippen LogP contribution in [0.15, 0.2) is 11.6 Å². The molecule has 1 fully saturated rings. The molecule has 2 rings (SSSR count). The van der Waals surface area contributed by atoms with Crippen molar-refractivity contribution in [3.05, 3.63) is 11.6 Å². The summed E-state index contributed by atoms with van der Waals surface area (Å²) in [7, 11) is 0. The Labute approximate surface area is 101 Å². The fraction of sp³-hybridized carbons (Fsp3) is 0.444. The van der Waals surface area contributed by atoms with Crippen LogP contribution in [0.25, 0.3) is 0 Å². The third-order valence-corrected chi connectivity index (χ3v) is 3.82. The van der Waals surface area contributed by atoms with E-state index in [9.17, 15) is 9.59 Å². The quantitative estimate of drug-likeness (QED) is 0.818. The summed E-state index contributed by atoms with van der Waals surface area (Å²) in [6.45, 7) is 0. The van der Waals surface area contributed by atoms with Crippen LogP contribution in [0.5, 0.6) is 0 Å². The molecule has 5 nitrogen and oxygen atoms in total. The molecule has 1 aliphatic rings. The summed E-state index contributed by atoms with van der Waals surface area (Å²) >= 11 is 2.97. The molecule has 2 N–H and O–H groups in total. The van der Waals surface area contributed by atoms with E-state index in [1.54, 1.807) is 23.3 Å². The number of carbonyl (C=O) groups is 2. The molecule has 2 amide bonds. The Morgan fingerprint density at radius 3 is 3.25 bits per heavy atom. The van der Waals surface area contributed by atoms with Gasteiger partial charge in [-0.3, -0.25) is 9.59 Å². The molecule has 0 radical (unpaired) electrons. The van der Waals surface area contributed by atoms with Gasteiger partial charge in [0.2, 0.25) is 11.8 Å². The van der Waals surface area contributed by atoms with E-state index in [2.05, 4.69) is 15.6 Å². The Kier molecular flexibility index (Phi) is 3.79. The third kappa shape index (κ3) is 2.96. The number of thioether (sulfide) groups is 1. The number of aromatic nitrogens is 1. The van der Waals surface area contributed by atoms with Gasteiger partial charge in [-0.1, -0.05) is 0 Å². The second-order valence-electron chi connectivity index (χ2n) is 3.27. The van der Waals surface area contributed by atoms with Crippen LogP contribution in [0.4, 0.5) is 5.13 Å². The van der Waals surface area contributed by atoms with Gasteiger partial charge in [0, 0.05) is 29.5 Å². The zero-order valence-electron chi connectivity index (χ0n) is 8.43. The van der Waals surface area contributed by atoms with Crippen molar-refractivity contribution in [1.82, 2.24) is 10.3 Å². The number of rotatable bonds is 2. The van der Waals surface area contributed by atoms with Gasteiger partial charge in [0.05, 0.1) is 0 Å². The summed E-state index contributed by atoms with van der Waals surface area (Å²) < 4.78 is 0. The first-order valence-electron chi connectivity index (χ1n) is 4.83. The van der Waals surface area contributed by atoms with Gasteiger partial charge in [-0.15, -0.1) is 11.3 Å². The highest BCUT2D eigenvalue weighted by Crippen LogP contribution is 2.14. The third-order valence-electron chi connectivity index (χ3n) is 2.07. The van der Waals surface area contributed by atoms with Gasteiger partial charge in [-0.05, 0) is 0 Å². The summed E-state index contributed by atoms with van der Waals surface area (Å²) in [4.78, 5) is 27.0. The average molecular weight is 257 g/mol. The molecule has 2 heterocycles. The lowest BCUT2D eigenvalue weighted by atomic mass is 10.3. The number of nitrogens with one attached hydrogen (secondary N) is 2. The summed E-state index contributed by atoms with van der Waals surface area (Å²) in [6.07, 6.45) is 2.10. The van der Waals surface area contributed by atoms with E-state index in [4.69, 9.17) is 0 Å². The molecular formula is C9H11N3O2S2. The number of anilines is 1. The molecule has 1 atom stereocenters. The fourth-order valence-corrected chi connectivity index (χ4v) is 2.79. The Hall–Kier alpha value is -1.08. The number of thiazole rings is 1. The lowest BCUT2D eigenvalue weighted by molar-refractivity contribution is -0.125. The maximum absolute atomic E-state index is 11.8. The predicted octanol–water partition coefficient (Wildman–Crippen LogP) is 0.703. The summed E-state index contributed by atoms with van der Waals surface area (Å²) in [5.41, 5.74) is 0. The number of hydrogen-bond acceptors (Lipinski definition) is 5. The topological polar surface area (TPSA) is 71.1 Å². The van der Waals surface area contributed by atoms with Gasteiger partial charge in [0.15, 0.2) is 5.13 Å². The van der Waals surface area contributed by atoms with Gasteiger partial charge in [0.25, 0.3) is 0 Å². The Bertz CT molecular complexity index is 380. The Morgan fingerprint density at radius 2 is 2.50 bits per heavy atom. The number of carbonyl (C=O) groups excluding carboxylic acids is 2. The molecule has 1 aromatic heterocycles. The van der Waals surface area contributed by atoms with Gasteiger partial charge < -0.3 is 10.6 Å². The average Bonchev–Trinajstić information content (AvgIpc) is 2.65. The van der Waals surface area contributed by atoms with Crippen molar-refractivity contribution < 1.29 is 9.59 Å². The molecule has 0 aliphatic carbocycles. The highest BCUT2D eigenvalue weighted by molar-refractivity contribution is 7.99. The minimum Gasteiger partial charge on any atom is -0.343 e. The predicted molar refractivity (Wildman–Crippen MR) is 64.6 cm³/mol. The second kappa shape index (κ2) is 5.31. The molecule has 0 unspecified atom stereocenters. The molecule has 86 valence electrons. The van der Waals surface area contributed by atoms with Crippen LogP contribution in [-0.2, 0) is 9.59 Å². The van der Waals surface area contributed by atoms with Crippen molar-refractivity contribution >= 4 is 40.0 Å². The Morgan fingerprint density at radius 1 is 1.62 bits per heavy atom. The summed E-state index contributed by atoms with van der Waals surface area (Å²) in [5.74, 6) is 1.12. The second-order valence-corrected chi connectivity index (χ2v) is 5.32. The molecule has 1 aromatic rings. The molecule has 0 aromatic carbocycles. The largest absolute Gasteiger partial charge is 0.343 e. The highest BCUT2D eigenvalue weighted by atomic mass is 32.2. The first-order valence-corrected chi connectivity index (χ1v) is 6.86. The van der Waals surface area contributed by atoms with E-state index in [1.165, 1.54) is 11.3 Å². The molecule has 0 saturated carbocycles. The van der Waals surface area contributed by atoms with Crippen molar-refractivity contribution in [3.8, 4) is 0 Å². The summed E-state index contributed by atoms with van der Waals surface area (Å²) in [5, 5.41) is 7.73. The van der Waals surface area contributed by atoms with Crippen molar-refractivity contribution in [2.24, 2.45) is 0 Å². The van der Waals surface area contributed by atoms with E-state index < -0.39 is 6.04 Å². The van der Waals surface area contributed by atoms with Gasteiger partial charge in [-0.2, -0.15) is 11.8 Å². The zero-order chi connectivity index (χ0) is 11.4. The van der Waals surface area contributed by atoms with E-state index >= 15 is 0 Å². The van der Waals surface area contributed by atoms with E-state index in [1.807, 2.05) is 0 Å². The van der Waals surface area contributed by atoms with Gasteiger partial charge >= 0.3 is 0 Å². The lowest BCUT2D eigenvalue weighted by Gasteiger charge is -2.13. The molecule has 1 aliphatic heterocycles. The van der Waals surface area contributed by atoms with Crippen LogP contribution in [0, 0.1) is 0 Å². The van der Waals surface area contributed by atoms with Gasteiger partial charge in [-0.25, -0.2) is 4.98 Å². The van der Waals surface area contributed by atoms with Crippen LogP contribution in [-0.4, -0.2) is 34.3 Å². The molecular weight excluding hydrogens is 246 g/mol. The molecule has 0 spiro atoms. The van der Waals surface area contributed by atoms with E-state index in [0.29, 0.717) is 17.3 Å².